The second-order valence-electron chi connectivity index (χ2n) is 10.7. The van der Waals surface area contributed by atoms with Crippen molar-refractivity contribution < 1.29 is 36.3 Å². The highest BCUT2D eigenvalue weighted by Gasteiger charge is 2.57. The molecule has 216 valence electrons. The molecule has 1 unspecified atom stereocenters. The average Bonchev–Trinajstić information content (AvgIpc) is 3.12. The van der Waals surface area contributed by atoms with E-state index in [-0.39, 0.29) is 42.6 Å². The summed E-state index contributed by atoms with van der Waals surface area (Å²) >= 11 is 5.30. The van der Waals surface area contributed by atoms with Crippen LogP contribution in [-0.4, -0.2) is 83.5 Å². The number of carbonyl (C=O) groups is 2. The van der Waals surface area contributed by atoms with E-state index in [0.717, 1.165) is 6.42 Å². The molecule has 1 aromatic rings. The number of halogens is 3. The first-order valence-corrected chi connectivity index (χ1v) is 14.7. The molecule has 2 aliphatic heterocycles. The van der Waals surface area contributed by atoms with Crippen molar-refractivity contribution in [2.45, 2.75) is 56.0 Å². The van der Waals surface area contributed by atoms with Gasteiger partial charge in [0.1, 0.15) is 5.54 Å². The summed E-state index contributed by atoms with van der Waals surface area (Å²) in [7, 11) is -3.96. The molecule has 2 N–H and O–H groups in total. The minimum Gasteiger partial charge on any atom is -0.376 e. The molecule has 0 radical (unpaired) electrons. The van der Waals surface area contributed by atoms with Crippen LogP contribution in [0.25, 0.3) is 0 Å². The van der Waals surface area contributed by atoms with E-state index in [9.17, 15) is 36.3 Å². The summed E-state index contributed by atoms with van der Waals surface area (Å²) in [5, 5.41) is 12.4. The van der Waals surface area contributed by atoms with Crippen molar-refractivity contribution in [1.82, 2.24) is 14.5 Å². The van der Waals surface area contributed by atoms with E-state index in [4.69, 9.17) is 12.2 Å². The van der Waals surface area contributed by atoms with Gasteiger partial charge in [0, 0.05) is 43.2 Å². The number of rotatable bonds is 6. The van der Waals surface area contributed by atoms with Gasteiger partial charge in [0.05, 0.1) is 10.9 Å². The van der Waals surface area contributed by atoms with E-state index in [0.29, 0.717) is 36.7 Å². The Hall–Kier alpha value is -2.81. The molecule has 1 spiro atoms. The molecule has 1 saturated carbocycles. The molecule has 2 saturated heterocycles. The molecule has 0 aromatic heterocycles. The van der Waals surface area contributed by atoms with Crippen LogP contribution in [0.1, 0.15) is 38.2 Å². The summed E-state index contributed by atoms with van der Waals surface area (Å²) in [4.78, 5) is 29.1. The number of piperazine rings is 1. The quantitative estimate of drug-likeness (QED) is 0.383. The highest BCUT2D eigenvalue weighted by molar-refractivity contribution is 7.96. The van der Waals surface area contributed by atoms with Crippen LogP contribution in [0.4, 0.5) is 23.7 Å². The molecular weight excluding hydrogens is 569 g/mol. The third-order valence-electron chi connectivity index (χ3n) is 8.32. The van der Waals surface area contributed by atoms with Crippen LogP contribution in [0.15, 0.2) is 47.4 Å². The maximum Gasteiger partial charge on any atom is 0.421 e. The van der Waals surface area contributed by atoms with Crippen LogP contribution in [0.2, 0.25) is 0 Å². The number of urea groups is 1. The number of imide groups is 1. The maximum atomic E-state index is 13.6. The topological polar surface area (TPSA) is 110 Å². The Morgan fingerprint density at radius 1 is 1.15 bits per heavy atom. The lowest BCUT2D eigenvalue weighted by molar-refractivity contribution is -0.258. The number of aliphatic hydroxyl groups is 1. The molecule has 4 aliphatic rings. The normalized spacial score (nSPS) is 25.1. The van der Waals surface area contributed by atoms with Crippen LogP contribution in [0.3, 0.4) is 0 Å². The number of hydrogen-bond donors (Lipinski definition) is 2. The van der Waals surface area contributed by atoms with Crippen LogP contribution in [-0.2, 0) is 20.4 Å². The third kappa shape index (κ3) is 4.64. The molecule has 14 heteroatoms. The molecule has 9 nitrogen and oxygen atoms in total. The molecular formula is C26H29F3N4O5S2. The van der Waals surface area contributed by atoms with Gasteiger partial charge in [0.15, 0.2) is 5.60 Å². The molecule has 40 heavy (non-hydrogen) atoms. The van der Waals surface area contributed by atoms with Crippen molar-refractivity contribution in [2.75, 3.05) is 31.1 Å². The van der Waals surface area contributed by atoms with Gasteiger partial charge in [0.2, 0.25) is 10.0 Å². The fourth-order valence-corrected chi connectivity index (χ4v) is 7.72. The Labute approximate surface area is 235 Å². The minimum absolute atomic E-state index is 0.0228. The molecule has 3 amide bonds. The predicted octanol–water partition coefficient (Wildman–Crippen LogP) is 2.97. The van der Waals surface area contributed by atoms with Crippen molar-refractivity contribution in [3.8, 4) is 0 Å². The number of anilines is 1. The predicted molar refractivity (Wildman–Crippen MR) is 145 cm³/mol. The van der Waals surface area contributed by atoms with Crippen molar-refractivity contribution in [3.05, 3.63) is 53.0 Å². The van der Waals surface area contributed by atoms with Gasteiger partial charge in [-0.05, 0) is 50.0 Å². The lowest BCUT2D eigenvalue weighted by Crippen LogP contribution is -2.63. The van der Waals surface area contributed by atoms with Crippen LogP contribution >= 0.6 is 12.2 Å². The molecule has 1 aromatic carbocycles. The van der Waals surface area contributed by atoms with Crippen molar-refractivity contribution in [1.29, 1.82) is 0 Å². The summed E-state index contributed by atoms with van der Waals surface area (Å²) in [5.41, 5.74) is -3.88. The van der Waals surface area contributed by atoms with Gasteiger partial charge in [-0.2, -0.15) is 17.5 Å². The fraction of sp³-hybridized carbons (Fsp3) is 0.500. The molecule has 2 atom stereocenters. The molecule has 5 rings (SSSR count). The highest BCUT2D eigenvalue weighted by atomic mass is 32.2. The standard InChI is InChI=1S/C26H29F3N4O5S2/c1-24(36,26(27,28)29)17-7-9-18(10-8-17)32-14-13-31(40(37,38)21-6-3-2-5-20(21)39)15-19(32)16-33-23(35)30-22(34)25(33)11-4-12-25/h2-3,6-10,19,36H,4-5,11-16H2,1H3,(H,30,34,35)/t19-,24?/m1/s1. The summed E-state index contributed by atoms with van der Waals surface area (Å²) in [5.74, 6) is -0.376. The van der Waals surface area contributed by atoms with E-state index in [2.05, 4.69) is 5.32 Å². The zero-order chi connectivity index (χ0) is 29.1. The van der Waals surface area contributed by atoms with Crippen molar-refractivity contribution >= 4 is 44.7 Å². The first-order chi connectivity index (χ1) is 18.7. The number of nitrogens with zero attached hydrogens (tertiary/aromatic N) is 3. The number of benzene rings is 1. The molecule has 2 aliphatic carbocycles. The largest absolute Gasteiger partial charge is 0.421 e. The van der Waals surface area contributed by atoms with Gasteiger partial charge in [-0.1, -0.05) is 36.5 Å². The van der Waals surface area contributed by atoms with Crippen LogP contribution < -0.4 is 10.2 Å². The summed E-state index contributed by atoms with van der Waals surface area (Å²) in [6.07, 6.45) is 2.07. The Balaban J connectivity index is 1.47. The van der Waals surface area contributed by atoms with Crippen molar-refractivity contribution in [2.24, 2.45) is 0 Å². The van der Waals surface area contributed by atoms with Gasteiger partial charge in [-0.15, -0.1) is 0 Å². The minimum atomic E-state index is -4.88. The van der Waals surface area contributed by atoms with Crippen molar-refractivity contribution in [3.63, 3.8) is 0 Å². The van der Waals surface area contributed by atoms with Gasteiger partial charge in [0.25, 0.3) is 5.91 Å². The fourth-order valence-electron chi connectivity index (χ4n) is 5.65. The Bertz CT molecular complexity index is 1400. The zero-order valence-corrected chi connectivity index (χ0v) is 23.3. The van der Waals surface area contributed by atoms with Crippen LogP contribution in [0.5, 0.6) is 0 Å². The Morgan fingerprint density at radius 2 is 1.82 bits per heavy atom. The molecule has 0 bridgehead atoms. The average molecular weight is 599 g/mol. The van der Waals surface area contributed by atoms with E-state index >= 15 is 0 Å². The van der Waals surface area contributed by atoms with Gasteiger partial charge >= 0.3 is 12.2 Å². The number of sulfonamides is 1. The molecule has 3 fully saturated rings. The number of allylic oxidation sites excluding steroid dienone is 4. The lowest BCUT2D eigenvalue weighted by Gasteiger charge is -2.48. The first kappa shape index (κ1) is 28.7. The van der Waals surface area contributed by atoms with E-state index in [1.54, 1.807) is 12.2 Å². The second-order valence-corrected chi connectivity index (χ2v) is 13.1. The van der Waals surface area contributed by atoms with Gasteiger partial charge in [-0.25, -0.2) is 13.2 Å². The lowest BCUT2D eigenvalue weighted by atomic mass is 9.75. The van der Waals surface area contributed by atoms with E-state index in [1.807, 2.05) is 4.90 Å². The third-order valence-corrected chi connectivity index (χ3v) is 10.8. The second kappa shape index (κ2) is 9.93. The summed E-state index contributed by atoms with van der Waals surface area (Å²) in [6.45, 7) is 0.901. The van der Waals surface area contributed by atoms with Gasteiger partial charge in [-0.3, -0.25) is 10.1 Å². The first-order valence-electron chi connectivity index (χ1n) is 12.9. The Morgan fingerprint density at radius 3 is 2.40 bits per heavy atom. The number of carbonyl (C=O) groups excluding carboxylic acids is 2. The smallest absolute Gasteiger partial charge is 0.376 e. The SMILES string of the molecule is CC(O)(c1ccc(N2CCN(S(=O)(=O)C3=CC=CCC3=S)C[C@@H]2CN2C(=O)NC(=O)C23CCC3)cc1)C(F)(F)F. The monoisotopic (exact) mass is 598 g/mol. The van der Waals surface area contributed by atoms with Gasteiger partial charge < -0.3 is 14.9 Å². The number of amides is 3. The maximum absolute atomic E-state index is 13.6. The zero-order valence-electron chi connectivity index (χ0n) is 21.6. The number of alkyl halides is 3. The number of nitrogens with one attached hydrogen (secondary N) is 1. The highest BCUT2D eigenvalue weighted by Crippen LogP contribution is 2.42. The van der Waals surface area contributed by atoms with E-state index < -0.39 is 39.4 Å². The number of thiocarbonyl (C=S) groups is 1. The molecule has 2 heterocycles. The summed E-state index contributed by atoms with van der Waals surface area (Å²) < 4.78 is 68.6. The van der Waals surface area contributed by atoms with Crippen LogP contribution in [0, 0.1) is 0 Å². The summed E-state index contributed by atoms with van der Waals surface area (Å²) in [6, 6.07) is 4.05. The Kier molecular flexibility index (Phi) is 7.12. The number of hydrogen-bond acceptors (Lipinski definition) is 7. The van der Waals surface area contributed by atoms with E-state index in [1.165, 1.54) is 39.5 Å².